The number of nitrogens with one attached hydrogen (secondary N) is 2. The third kappa shape index (κ3) is 6.33. The number of hydrogen-bond acceptors (Lipinski definition) is 4. The van der Waals surface area contributed by atoms with Gasteiger partial charge in [-0.15, -0.1) is 0 Å². The summed E-state index contributed by atoms with van der Waals surface area (Å²) in [5, 5.41) is 5.61. The number of anilines is 1. The molecule has 1 amide bonds. The van der Waals surface area contributed by atoms with E-state index >= 15 is 0 Å². The first-order chi connectivity index (χ1) is 9.51. The third-order valence-corrected chi connectivity index (χ3v) is 2.36. The van der Waals surface area contributed by atoms with Gasteiger partial charge in [0.25, 0.3) is 0 Å². The summed E-state index contributed by atoms with van der Waals surface area (Å²) in [5.41, 5.74) is 0.640. The van der Waals surface area contributed by atoms with Gasteiger partial charge in [-0.1, -0.05) is 0 Å². The van der Waals surface area contributed by atoms with Crippen molar-refractivity contribution in [3.63, 3.8) is 0 Å². The molecule has 20 heavy (non-hydrogen) atoms. The first-order valence-electron chi connectivity index (χ1n) is 6.08. The van der Waals surface area contributed by atoms with Crippen molar-refractivity contribution in [1.82, 2.24) is 5.32 Å². The molecule has 0 heterocycles. The SMILES string of the molecule is COCC(C)NC(=O)CNc1ccc(OC(F)F)cc1. The van der Waals surface area contributed by atoms with Crippen LogP contribution in [0.2, 0.25) is 0 Å². The van der Waals surface area contributed by atoms with E-state index in [0.717, 1.165) is 0 Å². The fourth-order valence-corrected chi connectivity index (χ4v) is 1.55. The Morgan fingerprint density at radius 3 is 2.50 bits per heavy atom. The molecule has 7 heteroatoms. The molecule has 1 aromatic carbocycles. The van der Waals surface area contributed by atoms with E-state index in [1.165, 1.54) is 12.1 Å². The fourth-order valence-electron chi connectivity index (χ4n) is 1.55. The second-order valence-electron chi connectivity index (χ2n) is 4.18. The van der Waals surface area contributed by atoms with Crippen molar-refractivity contribution in [2.24, 2.45) is 0 Å². The van der Waals surface area contributed by atoms with Crippen LogP contribution in [0.15, 0.2) is 24.3 Å². The van der Waals surface area contributed by atoms with Gasteiger partial charge < -0.3 is 20.1 Å². The molecule has 0 saturated heterocycles. The predicted molar refractivity (Wildman–Crippen MR) is 71.0 cm³/mol. The highest BCUT2D eigenvalue weighted by Crippen LogP contribution is 2.17. The minimum atomic E-state index is -2.85. The largest absolute Gasteiger partial charge is 0.435 e. The summed E-state index contributed by atoms with van der Waals surface area (Å²) in [6.45, 7) is -0.492. The molecule has 1 aromatic rings. The van der Waals surface area contributed by atoms with Gasteiger partial charge in [-0.3, -0.25) is 4.79 Å². The van der Waals surface area contributed by atoms with Crippen molar-refractivity contribution >= 4 is 11.6 Å². The molecule has 1 atom stereocenters. The monoisotopic (exact) mass is 288 g/mol. The number of methoxy groups -OCH3 is 1. The van der Waals surface area contributed by atoms with Crippen LogP contribution in [-0.2, 0) is 9.53 Å². The molecule has 2 N–H and O–H groups in total. The summed E-state index contributed by atoms with van der Waals surface area (Å²) in [7, 11) is 1.56. The van der Waals surface area contributed by atoms with E-state index in [2.05, 4.69) is 15.4 Å². The average molecular weight is 288 g/mol. The lowest BCUT2D eigenvalue weighted by atomic mass is 10.3. The standard InChI is InChI=1S/C13H18F2N2O3/c1-9(8-19-2)17-12(18)7-16-10-3-5-11(6-4-10)20-13(14)15/h3-6,9,13,16H,7-8H2,1-2H3,(H,17,18). The molecular formula is C13H18F2N2O3. The van der Waals surface area contributed by atoms with Crippen LogP contribution in [0.1, 0.15) is 6.92 Å². The van der Waals surface area contributed by atoms with E-state index in [9.17, 15) is 13.6 Å². The van der Waals surface area contributed by atoms with Crippen LogP contribution in [0.3, 0.4) is 0 Å². The number of benzene rings is 1. The summed E-state index contributed by atoms with van der Waals surface area (Å²) in [5.74, 6) is -0.105. The maximum Gasteiger partial charge on any atom is 0.387 e. The first-order valence-corrected chi connectivity index (χ1v) is 6.08. The topological polar surface area (TPSA) is 59.6 Å². The van der Waals surface area contributed by atoms with Gasteiger partial charge in [-0.25, -0.2) is 0 Å². The summed E-state index contributed by atoms with van der Waals surface area (Å²) in [6.07, 6.45) is 0. The maximum absolute atomic E-state index is 12.0. The third-order valence-electron chi connectivity index (χ3n) is 2.36. The summed E-state index contributed by atoms with van der Waals surface area (Å²) >= 11 is 0. The summed E-state index contributed by atoms with van der Waals surface area (Å²) in [4.78, 5) is 11.6. The lowest BCUT2D eigenvalue weighted by Gasteiger charge is -2.13. The Labute approximate surface area is 116 Å². The zero-order chi connectivity index (χ0) is 15.0. The highest BCUT2D eigenvalue weighted by molar-refractivity contribution is 5.80. The lowest BCUT2D eigenvalue weighted by Crippen LogP contribution is -2.39. The molecule has 0 aliphatic carbocycles. The van der Waals surface area contributed by atoms with E-state index in [0.29, 0.717) is 12.3 Å². The van der Waals surface area contributed by atoms with Gasteiger partial charge in [0, 0.05) is 18.8 Å². The molecule has 112 valence electrons. The van der Waals surface area contributed by atoms with Gasteiger partial charge in [0.1, 0.15) is 5.75 Å². The molecule has 0 spiro atoms. The molecule has 5 nitrogen and oxygen atoms in total. The van der Waals surface area contributed by atoms with E-state index in [1.807, 2.05) is 6.92 Å². The van der Waals surface area contributed by atoms with E-state index in [1.54, 1.807) is 19.2 Å². The number of ether oxygens (including phenoxy) is 2. The van der Waals surface area contributed by atoms with Crippen molar-refractivity contribution < 1.29 is 23.0 Å². The number of carbonyl (C=O) groups excluding carboxylic acids is 1. The highest BCUT2D eigenvalue weighted by Gasteiger charge is 2.07. The predicted octanol–water partition coefficient (Wildman–Crippen LogP) is 1.85. The van der Waals surface area contributed by atoms with Gasteiger partial charge in [0.15, 0.2) is 0 Å². The number of alkyl halides is 2. The molecule has 0 bridgehead atoms. The van der Waals surface area contributed by atoms with Gasteiger partial charge in [0.2, 0.25) is 5.91 Å². The number of rotatable bonds is 8. The number of hydrogen-bond donors (Lipinski definition) is 2. The molecule has 0 fully saturated rings. The van der Waals surface area contributed by atoms with Crippen LogP contribution in [0.25, 0.3) is 0 Å². The van der Waals surface area contributed by atoms with Crippen LogP contribution in [0, 0.1) is 0 Å². The molecule has 1 rings (SSSR count). The summed E-state index contributed by atoms with van der Waals surface area (Å²) < 4.78 is 33.0. The number of halogens is 2. The van der Waals surface area contributed by atoms with Crippen molar-refractivity contribution in [3.05, 3.63) is 24.3 Å². The Bertz CT molecular complexity index is 413. The van der Waals surface area contributed by atoms with Crippen LogP contribution >= 0.6 is 0 Å². The normalized spacial score (nSPS) is 12.1. The van der Waals surface area contributed by atoms with Gasteiger partial charge >= 0.3 is 6.61 Å². The van der Waals surface area contributed by atoms with Crippen molar-refractivity contribution in [2.45, 2.75) is 19.6 Å². The number of carbonyl (C=O) groups is 1. The number of amides is 1. The first kappa shape index (κ1) is 16.2. The zero-order valence-corrected chi connectivity index (χ0v) is 11.4. The second kappa shape index (κ2) is 8.31. The molecule has 1 unspecified atom stereocenters. The summed E-state index contributed by atoms with van der Waals surface area (Å²) in [6, 6.07) is 5.85. The van der Waals surface area contributed by atoms with Gasteiger partial charge in [-0.05, 0) is 31.2 Å². The van der Waals surface area contributed by atoms with Crippen LogP contribution in [-0.4, -0.2) is 38.8 Å². The second-order valence-corrected chi connectivity index (χ2v) is 4.18. The average Bonchev–Trinajstić information content (AvgIpc) is 2.37. The molecular weight excluding hydrogens is 270 g/mol. The Kier molecular flexibility index (Phi) is 6.72. The molecule has 0 radical (unpaired) electrons. The highest BCUT2D eigenvalue weighted by atomic mass is 19.3. The van der Waals surface area contributed by atoms with Gasteiger partial charge in [-0.2, -0.15) is 8.78 Å². The molecule has 0 aliphatic heterocycles. The van der Waals surface area contributed by atoms with E-state index in [4.69, 9.17) is 4.74 Å². The fraction of sp³-hybridized carbons (Fsp3) is 0.462. The minimum Gasteiger partial charge on any atom is -0.435 e. The Morgan fingerprint density at radius 1 is 1.30 bits per heavy atom. The van der Waals surface area contributed by atoms with Crippen molar-refractivity contribution in [1.29, 1.82) is 0 Å². The minimum absolute atomic E-state index is 0.0729. The maximum atomic E-state index is 12.0. The molecule has 0 aliphatic rings. The van der Waals surface area contributed by atoms with Crippen LogP contribution in [0.4, 0.5) is 14.5 Å². The van der Waals surface area contributed by atoms with Gasteiger partial charge in [0.05, 0.1) is 13.2 Å². The smallest absolute Gasteiger partial charge is 0.387 e. The van der Waals surface area contributed by atoms with Crippen LogP contribution in [0.5, 0.6) is 5.75 Å². The molecule has 0 aromatic heterocycles. The zero-order valence-electron chi connectivity index (χ0n) is 11.4. The Morgan fingerprint density at radius 2 is 1.95 bits per heavy atom. The van der Waals surface area contributed by atoms with E-state index < -0.39 is 6.61 Å². The quantitative estimate of drug-likeness (QED) is 0.766. The molecule has 0 saturated carbocycles. The van der Waals surface area contributed by atoms with E-state index in [-0.39, 0.29) is 24.2 Å². The lowest BCUT2D eigenvalue weighted by molar-refractivity contribution is -0.120. The Balaban J connectivity index is 2.36. The van der Waals surface area contributed by atoms with Crippen molar-refractivity contribution in [3.8, 4) is 5.75 Å². The van der Waals surface area contributed by atoms with Crippen molar-refractivity contribution in [2.75, 3.05) is 25.6 Å². The van der Waals surface area contributed by atoms with Crippen LogP contribution < -0.4 is 15.4 Å². The Hall–Kier alpha value is -1.89.